The molecule has 0 aliphatic heterocycles. The molecular weight excluding hydrogens is 617 g/mol. The van der Waals surface area contributed by atoms with E-state index >= 15 is 0 Å². The van der Waals surface area contributed by atoms with Gasteiger partial charge in [0.05, 0.1) is 11.9 Å². The number of carbonyl (C=O) groups is 1. The molecule has 2 heterocycles. The Kier molecular flexibility index (Phi) is 8.39. The van der Waals surface area contributed by atoms with Crippen molar-refractivity contribution in [1.82, 2.24) is 20.3 Å². The van der Waals surface area contributed by atoms with E-state index in [0.717, 1.165) is 15.2 Å². The SMILES string of the molecule is O=C(Nc1cnccn1)N[C@@](Cc1ccccc1)(c1cccc(OC(F)(F)C(F)F)c1)c1ccc(I)cn1. The minimum atomic E-state index is -4.71. The molecule has 196 valence electrons. The van der Waals surface area contributed by atoms with Gasteiger partial charge >= 0.3 is 18.6 Å². The Morgan fingerprint density at radius 1 is 0.974 bits per heavy atom. The third kappa shape index (κ3) is 6.54. The smallest absolute Gasteiger partial charge is 0.428 e. The summed E-state index contributed by atoms with van der Waals surface area (Å²) in [6.07, 6.45) is -2.83. The van der Waals surface area contributed by atoms with Crippen LogP contribution in [0.3, 0.4) is 0 Å². The molecule has 0 saturated heterocycles. The molecule has 2 amide bonds. The van der Waals surface area contributed by atoms with Gasteiger partial charge in [-0.1, -0.05) is 42.5 Å². The van der Waals surface area contributed by atoms with Crippen LogP contribution in [0.1, 0.15) is 16.8 Å². The molecule has 0 spiro atoms. The van der Waals surface area contributed by atoms with Crippen molar-refractivity contribution in [2.24, 2.45) is 0 Å². The number of urea groups is 1. The van der Waals surface area contributed by atoms with Crippen molar-refractivity contribution in [1.29, 1.82) is 0 Å². The van der Waals surface area contributed by atoms with Crippen LogP contribution < -0.4 is 15.4 Å². The molecule has 2 aromatic heterocycles. The van der Waals surface area contributed by atoms with Gasteiger partial charge in [0.1, 0.15) is 11.3 Å². The third-order valence-electron chi connectivity index (χ3n) is 5.44. The van der Waals surface area contributed by atoms with Crippen LogP contribution in [0.25, 0.3) is 0 Å². The zero-order valence-corrected chi connectivity index (χ0v) is 21.7. The first-order valence-electron chi connectivity index (χ1n) is 11.1. The van der Waals surface area contributed by atoms with Gasteiger partial charge in [0, 0.05) is 28.6 Å². The van der Waals surface area contributed by atoms with Crippen molar-refractivity contribution in [3.8, 4) is 5.75 Å². The fourth-order valence-corrected chi connectivity index (χ4v) is 4.10. The molecule has 4 aromatic rings. The number of hydrogen-bond acceptors (Lipinski definition) is 5. The van der Waals surface area contributed by atoms with Crippen LogP contribution in [0.5, 0.6) is 5.75 Å². The minimum Gasteiger partial charge on any atom is -0.428 e. The van der Waals surface area contributed by atoms with E-state index < -0.39 is 29.9 Å². The number of pyridine rings is 1. The molecule has 12 heteroatoms. The van der Waals surface area contributed by atoms with E-state index in [2.05, 4.69) is 52.9 Å². The highest BCUT2D eigenvalue weighted by Crippen LogP contribution is 2.36. The van der Waals surface area contributed by atoms with Crippen LogP contribution in [-0.2, 0) is 12.0 Å². The normalized spacial score (nSPS) is 13.0. The highest BCUT2D eigenvalue weighted by atomic mass is 127. The maximum absolute atomic E-state index is 13.7. The molecule has 0 aliphatic rings. The van der Waals surface area contributed by atoms with Crippen LogP contribution in [0, 0.1) is 3.57 Å². The van der Waals surface area contributed by atoms with Gasteiger partial charge < -0.3 is 10.1 Å². The van der Waals surface area contributed by atoms with Gasteiger partial charge in [0.15, 0.2) is 5.82 Å². The number of halogens is 5. The summed E-state index contributed by atoms with van der Waals surface area (Å²) in [7, 11) is 0. The number of nitrogens with zero attached hydrogens (tertiary/aromatic N) is 3. The predicted molar refractivity (Wildman–Crippen MR) is 140 cm³/mol. The summed E-state index contributed by atoms with van der Waals surface area (Å²) < 4.78 is 58.3. The number of ether oxygens (including phenoxy) is 1. The Hall–Kier alpha value is -3.81. The molecule has 1 atom stereocenters. The van der Waals surface area contributed by atoms with Gasteiger partial charge in [0.2, 0.25) is 0 Å². The quantitative estimate of drug-likeness (QED) is 0.173. The molecule has 0 unspecified atom stereocenters. The second-order valence-electron chi connectivity index (χ2n) is 8.09. The molecule has 0 radical (unpaired) electrons. The lowest BCUT2D eigenvalue weighted by Crippen LogP contribution is -2.50. The lowest BCUT2D eigenvalue weighted by molar-refractivity contribution is -0.253. The molecule has 4 rings (SSSR count). The van der Waals surface area contributed by atoms with Gasteiger partial charge in [-0.2, -0.15) is 17.6 Å². The highest BCUT2D eigenvalue weighted by Gasteiger charge is 2.44. The van der Waals surface area contributed by atoms with Crippen molar-refractivity contribution < 1.29 is 27.1 Å². The molecule has 0 fully saturated rings. The fraction of sp³-hybridized carbons (Fsp3) is 0.154. The van der Waals surface area contributed by atoms with E-state index in [1.807, 2.05) is 30.3 Å². The van der Waals surface area contributed by atoms with Crippen molar-refractivity contribution in [3.05, 3.63) is 112 Å². The number of alkyl halides is 4. The Morgan fingerprint density at radius 2 is 1.76 bits per heavy atom. The van der Waals surface area contributed by atoms with E-state index in [4.69, 9.17) is 0 Å². The number of aromatic nitrogens is 3. The molecule has 0 saturated carbocycles. The lowest BCUT2D eigenvalue weighted by atomic mass is 9.80. The number of benzene rings is 2. The zero-order valence-electron chi connectivity index (χ0n) is 19.5. The average Bonchev–Trinajstić information content (AvgIpc) is 2.89. The first-order chi connectivity index (χ1) is 18.2. The molecule has 7 nitrogen and oxygen atoms in total. The first-order valence-corrected chi connectivity index (χ1v) is 12.2. The van der Waals surface area contributed by atoms with Gasteiger partial charge in [-0.05, 0) is 58.0 Å². The Balaban J connectivity index is 1.84. The molecule has 2 N–H and O–H groups in total. The van der Waals surface area contributed by atoms with Crippen molar-refractivity contribution >= 4 is 34.4 Å². The molecule has 0 aliphatic carbocycles. The summed E-state index contributed by atoms with van der Waals surface area (Å²) in [5.74, 6) is -0.338. The average molecular weight is 637 g/mol. The predicted octanol–water partition coefficient (Wildman–Crippen LogP) is 6.02. The van der Waals surface area contributed by atoms with Gasteiger partial charge in [0.25, 0.3) is 0 Å². The Morgan fingerprint density at radius 3 is 2.42 bits per heavy atom. The van der Waals surface area contributed by atoms with Gasteiger partial charge in [-0.3, -0.25) is 15.3 Å². The molecule has 0 bridgehead atoms. The molecular formula is C26H20F4IN5O2. The van der Waals surface area contributed by atoms with Crippen LogP contribution in [0.4, 0.5) is 28.2 Å². The Labute approximate surface area is 228 Å². The van der Waals surface area contributed by atoms with Gasteiger partial charge in [-0.15, -0.1) is 0 Å². The number of nitrogens with one attached hydrogen (secondary N) is 2. The number of carbonyl (C=O) groups excluding carboxylic acids is 1. The number of hydrogen-bond donors (Lipinski definition) is 2. The fourth-order valence-electron chi connectivity index (χ4n) is 3.78. The lowest BCUT2D eigenvalue weighted by Gasteiger charge is -2.35. The second kappa shape index (κ2) is 11.7. The summed E-state index contributed by atoms with van der Waals surface area (Å²) in [6.45, 7) is 0. The van der Waals surface area contributed by atoms with Crippen LogP contribution in [0.15, 0.2) is 91.5 Å². The number of anilines is 1. The monoisotopic (exact) mass is 637 g/mol. The summed E-state index contributed by atoms with van der Waals surface area (Å²) in [5, 5.41) is 5.52. The third-order valence-corrected chi connectivity index (χ3v) is 6.08. The second-order valence-corrected chi connectivity index (χ2v) is 9.34. The Bertz CT molecular complexity index is 1370. The van der Waals surface area contributed by atoms with Crippen LogP contribution >= 0.6 is 22.6 Å². The first kappa shape index (κ1) is 27.2. The molecule has 38 heavy (non-hydrogen) atoms. The number of rotatable bonds is 9. The largest absolute Gasteiger partial charge is 0.461 e. The van der Waals surface area contributed by atoms with E-state index in [0.29, 0.717) is 5.69 Å². The van der Waals surface area contributed by atoms with Crippen LogP contribution in [-0.4, -0.2) is 33.5 Å². The van der Waals surface area contributed by atoms with E-state index in [1.165, 1.54) is 30.7 Å². The standard InChI is InChI=1S/C26H20F4IN5O2/c27-23(28)26(29,30)38-20-8-4-7-18(13-20)25(14-17-5-2-1-3-6-17,21-10-9-19(31)15-34-21)36-24(37)35-22-16-32-11-12-33-22/h1-13,15-16,23H,14H2,(H2,33,35,36,37)/t25-/m0/s1. The van der Waals surface area contributed by atoms with Crippen molar-refractivity contribution in [3.63, 3.8) is 0 Å². The topological polar surface area (TPSA) is 89.0 Å². The number of amides is 2. The van der Waals surface area contributed by atoms with Crippen molar-refractivity contribution in [2.75, 3.05) is 5.32 Å². The zero-order chi connectivity index (χ0) is 27.2. The minimum absolute atomic E-state index is 0.129. The highest BCUT2D eigenvalue weighted by molar-refractivity contribution is 14.1. The summed E-state index contributed by atoms with van der Waals surface area (Å²) in [6, 6.07) is 17.1. The van der Waals surface area contributed by atoms with Gasteiger partial charge in [-0.25, -0.2) is 9.78 Å². The van der Waals surface area contributed by atoms with Crippen LogP contribution in [0.2, 0.25) is 0 Å². The van der Waals surface area contributed by atoms with Crippen molar-refractivity contribution in [2.45, 2.75) is 24.5 Å². The van der Waals surface area contributed by atoms with E-state index in [-0.39, 0.29) is 17.8 Å². The summed E-state index contributed by atoms with van der Waals surface area (Å²) in [5.41, 5.74) is -0.0325. The van der Waals surface area contributed by atoms with E-state index in [9.17, 15) is 22.4 Å². The molecule has 2 aromatic carbocycles. The summed E-state index contributed by atoms with van der Waals surface area (Å²) in [4.78, 5) is 25.8. The maximum Gasteiger partial charge on any atom is 0.461 e. The van der Waals surface area contributed by atoms with E-state index in [1.54, 1.807) is 24.4 Å². The maximum atomic E-state index is 13.7. The summed E-state index contributed by atoms with van der Waals surface area (Å²) >= 11 is 2.08.